The quantitative estimate of drug-likeness (QED) is 0.632. The summed E-state index contributed by atoms with van der Waals surface area (Å²) < 4.78 is 26.8. The Balaban J connectivity index is 1.53. The molecule has 7 heteroatoms. The summed E-state index contributed by atoms with van der Waals surface area (Å²) in [6.07, 6.45) is 1.62. The molecule has 3 rings (SSSR count). The average molecular weight is 442 g/mol. The third-order valence-electron chi connectivity index (χ3n) is 5.42. The van der Waals surface area contributed by atoms with Gasteiger partial charge in [-0.15, -0.1) is 0 Å². The minimum Gasteiger partial charge on any atom is -0.335 e. The molecule has 2 aromatic rings. The summed E-state index contributed by atoms with van der Waals surface area (Å²) >= 11 is 0. The Kier molecular flexibility index (Phi) is 8.01. The van der Waals surface area contributed by atoms with Crippen molar-refractivity contribution < 1.29 is 13.2 Å². The molecule has 0 N–H and O–H groups in total. The van der Waals surface area contributed by atoms with E-state index in [1.807, 2.05) is 84.3 Å². The molecule has 2 aromatic carbocycles. The van der Waals surface area contributed by atoms with Gasteiger partial charge in [-0.1, -0.05) is 60.7 Å². The van der Waals surface area contributed by atoms with E-state index in [9.17, 15) is 13.2 Å². The summed E-state index contributed by atoms with van der Waals surface area (Å²) in [6, 6.07) is 19.4. The predicted molar refractivity (Wildman–Crippen MR) is 125 cm³/mol. The zero-order valence-corrected chi connectivity index (χ0v) is 19.0. The van der Waals surface area contributed by atoms with Crippen LogP contribution in [0.3, 0.4) is 0 Å². The first kappa shape index (κ1) is 23.2. The van der Waals surface area contributed by atoms with Gasteiger partial charge in [0.15, 0.2) is 0 Å². The lowest BCUT2D eigenvalue weighted by Gasteiger charge is -2.35. The zero-order chi connectivity index (χ0) is 22.3. The van der Waals surface area contributed by atoms with Crippen LogP contribution in [0.5, 0.6) is 0 Å². The molecule has 1 aliphatic rings. The van der Waals surface area contributed by atoms with Gasteiger partial charge in [0.25, 0.3) is 0 Å². The van der Waals surface area contributed by atoms with Gasteiger partial charge in [0.1, 0.15) is 0 Å². The van der Waals surface area contributed by atoms with Gasteiger partial charge in [0, 0.05) is 44.2 Å². The van der Waals surface area contributed by atoms with Crippen LogP contribution in [-0.2, 0) is 21.4 Å². The summed E-state index contributed by atoms with van der Waals surface area (Å²) in [7, 11) is -3.47. The first-order valence-corrected chi connectivity index (χ1v) is 12.1. The number of benzene rings is 2. The van der Waals surface area contributed by atoms with Gasteiger partial charge in [0.05, 0.1) is 6.54 Å². The highest BCUT2D eigenvalue weighted by molar-refractivity contribution is 7.92. The van der Waals surface area contributed by atoms with E-state index >= 15 is 0 Å². The summed E-state index contributed by atoms with van der Waals surface area (Å²) in [5.74, 6) is 0.0686. The Labute approximate surface area is 185 Å². The number of rotatable bonds is 8. The lowest BCUT2D eigenvalue weighted by molar-refractivity contribution is -0.135. The Morgan fingerprint density at radius 3 is 2.13 bits per heavy atom. The van der Waals surface area contributed by atoms with Crippen molar-refractivity contribution in [3.05, 3.63) is 77.2 Å². The fourth-order valence-electron chi connectivity index (χ4n) is 3.58. The molecule has 0 aliphatic carbocycles. The van der Waals surface area contributed by atoms with Crippen molar-refractivity contribution >= 4 is 22.0 Å². The molecule has 1 amide bonds. The summed E-state index contributed by atoms with van der Waals surface area (Å²) in [6.45, 7) is 6.77. The van der Waals surface area contributed by atoms with Gasteiger partial charge in [-0.05, 0) is 31.1 Å². The predicted octanol–water partition coefficient (Wildman–Crippen LogP) is 3.04. The summed E-state index contributed by atoms with van der Waals surface area (Å²) in [5, 5.41) is 1.27. The molecule has 0 radical (unpaired) electrons. The number of hydrogen-bond acceptors (Lipinski definition) is 4. The number of nitrogens with zero attached hydrogens (tertiary/aromatic N) is 3. The lowest BCUT2D eigenvalue weighted by Crippen LogP contribution is -2.51. The standard InChI is InChI=1S/C24H31N3O3S/c1-21(2)27(19-23-11-7-4-8-12-23)24(28)20-25-14-16-26(17-15-25)31(29,30)18-13-22-9-5-3-6-10-22/h3-13,18,21H,14-17,19-20H2,1-2H3/b18-13+. The number of sulfonamides is 1. The van der Waals surface area contributed by atoms with Crippen LogP contribution in [0.15, 0.2) is 66.1 Å². The highest BCUT2D eigenvalue weighted by Crippen LogP contribution is 2.13. The number of amides is 1. The lowest BCUT2D eigenvalue weighted by atomic mass is 10.2. The molecule has 0 spiro atoms. The van der Waals surface area contributed by atoms with E-state index in [1.165, 1.54) is 9.71 Å². The molecular weight excluding hydrogens is 410 g/mol. The van der Waals surface area contributed by atoms with Crippen LogP contribution >= 0.6 is 0 Å². The third-order valence-corrected chi connectivity index (χ3v) is 6.99. The van der Waals surface area contributed by atoms with Crippen LogP contribution < -0.4 is 0 Å². The van der Waals surface area contributed by atoms with Gasteiger partial charge < -0.3 is 4.90 Å². The van der Waals surface area contributed by atoms with E-state index in [4.69, 9.17) is 0 Å². The van der Waals surface area contributed by atoms with E-state index in [-0.39, 0.29) is 11.9 Å². The smallest absolute Gasteiger partial charge is 0.237 e. The van der Waals surface area contributed by atoms with E-state index in [1.54, 1.807) is 6.08 Å². The highest BCUT2D eigenvalue weighted by Gasteiger charge is 2.27. The fraction of sp³-hybridized carbons (Fsp3) is 0.375. The van der Waals surface area contributed by atoms with E-state index in [2.05, 4.69) is 0 Å². The Hall–Kier alpha value is -2.48. The molecule has 1 heterocycles. The molecule has 6 nitrogen and oxygen atoms in total. The molecule has 1 saturated heterocycles. The van der Waals surface area contributed by atoms with Gasteiger partial charge in [-0.2, -0.15) is 4.31 Å². The maximum Gasteiger partial charge on any atom is 0.237 e. The SMILES string of the molecule is CC(C)N(Cc1ccccc1)C(=O)CN1CCN(S(=O)(=O)/C=C/c2ccccc2)CC1. The second kappa shape index (κ2) is 10.7. The van der Waals surface area contributed by atoms with Crippen molar-refractivity contribution in [2.24, 2.45) is 0 Å². The maximum atomic E-state index is 12.9. The molecule has 0 saturated carbocycles. The van der Waals surface area contributed by atoms with Crippen LogP contribution in [0.4, 0.5) is 0 Å². The number of hydrogen-bond donors (Lipinski definition) is 0. The Morgan fingerprint density at radius 2 is 1.55 bits per heavy atom. The minimum atomic E-state index is -3.47. The summed E-state index contributed by atoms with van der Waals surface area (Å²) in [5.41, 5.74) is 1.95. The number of carbonyl (C=O) groups excluding carboxylic acids is 1. The first-order valence-electron chi connectivity index (χ1n) is 10.6. The molecule has 1 fully saturated rings. The Bertz CT molecular complexity index is 968. The van der Waals surface area contributed by atoms with E-state index in [0.29, 0.717) is 39.3 Å². The minimum absolute atomic E-state index is 0.0686. The van der Waals surface area contributed by atoms with Crippen molar-refractivity contribution in [1.82, 2.24) is 14.1 Å². The van der Waals surface area contributed by atoms with Crippen LogP contribution in [-0.4, -0.2) is 67.2 Å². The molecule has 0 bridgehead atoms. The van der Waals surface area contributed by atoms with Crippen LogP contribution in [0.25, 0.3) is 6.08 Å². The third kappa shape index (κ3) is 6.75. The van der Waals surface area contributed by atoms with Crippen LogP contribution in [0.2, 0.25) is 0 Å². The molecule has 0 atom stereocenters. The van der Waals surface area contributed by atoms with Crippen molar-refractivity contribution in [3.8, 4) is 0 Å². The van der Waals surface area contributed by atoms with Gasteiger partial charge >= 0.3 is 0 Å². The largest absolute Gasteiger partial charge is 0.335 e. The molecule has 0 unspecified atom stereocenters. The van der Waals surface area contributed by atoms with Gasteiger partial charge in [-0.25, -0.2) is 8.42 Å². The van der Waals surface area contributed by atoms with Crippen molar-refractivity contribution in [3.63, 3.8) is 0 Å². The van der Waals surface area contributed by atoms with Crippen LogP contribution in [0, 0.1) is 0 Å². The topological polar surface area (TPSA) is 60.9 Å². The van der Waals surface area contributed by atoms with E-state index in [0.717, 1.165) is 11.1 Å². The monoisotopic (exact) mass is 441 g/mol. The first-order chi connectivity index (χ1) is 14.8. The van der Waals surface area contributed by atoms with Gasteiger partial charge in [-0.3, -0.25) is 9.69 Å². The molecular formula is C24H31N3O3S. The molecule has 31 heavy (non-hydrogen) atoms. The zero-order valence-electron chi connectivity index (χ0n) is 18.2. The second-order valence-electron chi connectivity index (χ2n) is 8.03. The van der Waals surface area contributed by atoms with Gasteiger partial charge in [0.2, 0.25) is 15.9 Å². The molecule has 166 valence electrons. The van der Waals surface area contributed by atoms with Crippen molar-refractivity contribution in [1.29, 1.82) is 0 Å². The number of piperazine rings is 1. The second-order valence-corrected chi connectivity index (χ2v) is 9.85. The summed E-state index contributed by atoms with van der Waals surface area (Å²) in [4.78, 5) is 16.8. The van der Waals surface area contributed by atoms with Crippen molar-refractivity contribution in [2.45, 2.75) is 26.4 Å². The molecule has 0 aromatic heterocycles. The normalized spacial score (nSPS) is 16.1. The molecule has 1 aliphatic heterocycles. The fourth-order valence-corrected chi connectivity index (χ4v) is 4.75. The highest BCUT2D eigenvalue weighted by atomic mass is 32.2. The van der Waals surface area contributed by atoms with Crippen molar-refractivity contribution in [2.75, 3.05) is 32.7 Å². The van der Waals surface area contributed by atoms with E-state index < -0.39 is 10.0 Å². The number of carbonyl (C=O) groups is 1. The van der Waals surface area contributed by atoms with Crippen LogP contribution in [0.1, 0.15) is 25.0 Å². The Morgan fingerprint density at radius 1 is 0.968 bits per heavy atom. The average Bonchev–Trinajstić information content (AvgIpc) is 2.77. The maximum absolute atomic E-state index is 12.9.